The van der Waals surface area contributed by atoms with E-state index in [1.807, 2.05) is 0 Å². The van der Waals surface area contributed by atoms with Crippen molar-refractivity contribution in [2.75, 3.05) is 11.1 Å². The summed E-state index contributed by atoms with van der Waals surface area (Å²) in [6.45, 7) is 3.44. The van der Waals surface area contributed by atoms with Gasteiger partial charge in [0.25, 0.3) is 5.91 Å². The van der Waals surface area contributed by atoms with E-state index in [1.165, 1.54) is 18.2 Å². The predicted molar refractivity (Wildman–Crippen MR) is 73.9 cm³/mol. The summed E-state index contributed by atoms with van der Waals surface area (Å²) >= 11 is 0. The fraction of sp³-hybridized carbons (Fsp3) is 0.143. The molecule has 6 heteroatoms. The van der Waals surface area contributed by atoms with Crippen molar-refractivity contribution in [3.05, 3.63) is 46.9 Å². The van der Waals surface area contributed by atoms with Crippen molar-refractivity contribution >= 4 is 23.3 Å². The monoisotopic (exact) mass is 274 g/mol. The number of amides is 1. The molecule has 0 radical (unpaired) electrons. The number of benzene rings is 1. The number of nitrogens with two attached hydrogens (primary N) is 1. The number of rotatable bonds is 3. The van der Waals surface area contributed by atoms with Crippen LogP contribution in [-0.2, 0) is 0 Å². The van der Waals surface area contributed by atoms with E-state index in [-0.39, 0.29) is 17.2 Å². The molecule has 20 heavy (non-hydrogen) atoms. The van der Waals surface area contributed by atoms with Crippen molar-refractivity contribution in [1.29, 1.82) is 0 Å². The number of anilines is 2. The number of aromatic carboxylic acids is 1. The Bertz CT molecular complexity index is 688. The van der Waals surface area contributed by atoms with Crippen molar-refractivity contribution in [3.63, 3.8) is 0 Å². The highest BCUT2D eigenvalue weighted by molar-refractivity contribution is 6.06. The lowest BCUT2D eigenvalue weighted by molar-refractivity contribution is 0.0696. The van der Waals surface area contributed by atoms with Gasteiger partial charge in [0.05, 0.1) is 22.5 Å². The zero-order chi connectivity index (χ0) is 14.9. The Morgan fingerprint density at radius 2 is 1.95 bits per heavy atom. The topological polar surface area (TPSA) is 106 Å². The summed E-state index contributed by atoms with van der Waals surface area (Å²) in [6.07, 6.45) is 0. The highest BCUT2D eigenvalue weighted by Crippen LogP contribution is 2.22. The molecule has 0 spiro atoms. The van der Waals surface area contributed by atoms with Crippen molar-refractivity contribution in [3.8, 4) is 0 Å². The Hall–Kier alpha value is -2.76. The first-order chi connectivity index (χ1) is 9.38. The van der Waals surface area contributed by atoms with E-state index in [1.54, 1.807) is 19.9 Å². The van der Waals surface area contributed by atoms with E-state index < -0.39 is 5.97 Å². The third-order valence-electron chi connectivity index (χ3n) is 2.83. The standard InChI is InChI=1S/C14H14N2O4/c1-7-5-10(8(2)20-7)13(17)16-12-4-3-9(14(18)19)6-11(12)15/h3-6H,15H2,1-2H3,(H,16,17)(H,18,19). The summed E-state index contributed by atoms with van der Waals surface area (Å²) in [7, 11) is 0. The van der Waals surface area contributed by atoms with Gasteiger partial charge in [-0.1, -0.05) is 0 Å². The van der Waals surface area contributed by atoms with Crippen LogP contribution in [0.4, 0.5) is 11.4 Å². The number of carbonyl (C=O) groups excluding carboxylic acids is 1. The Kier molecular flexibility index (Phi) is 3.47. The highest BCUT2D eigenvalue weighted by Gasteiger charge is 2.15. The maximum atomic E-state index is 12.1. The summed E-state index contributed by atoms with van der Waals surface area (Å²) in [5, 5.41) is 11.5. The summed E-state index contributed by atoms with van der Waals surface area (Å²) in [5.74, 6) is -0.271. The number of aryl methyl sites for hydroxylation is 2. The van der Waals surface area contributed by atoms with Crippen LogP contribution in [0.1, 0.15) is 32.2 Å². The van der Waals surface area contributed by atoms with Gasteiger partial charge in [-0.2, -0.15) is 0 Å². The Morgan fingerprint density at radius 3 is 2.45 bits per heavy atom. The van der Waals surface area contributed by atoms with Gasteiger partial charge in [0, 0.05) is 0 Å². The molecule has 0 saturated carbocycles. The van der Waals surface area contributed by atoms with Gasteiger partial charge in [0.1, 0.15) is 11.5 Å². The minimum atomic E-state index is -1.07. The average molecular weight is 274 g/mol. The molecule has 0 aliphatic rings. The third kappa shape index (κ3) is 2.64. The summed E-state index contributed by atoms with van der Waals surface area (Å²) in [6, 6.07) is 5.76. The summed E-state index contributed by atoms with van der Waals surface area (Å²) in [4.78, 5) is 22.9. The van der Waals surface area contributed by atoms with Gasteiger partial charge >= 0.3 is 5.97 Å². The first-order valence-electron chi connectivity index (χ1n) is 5.89. The Morgan fingerprint density at radius 1 is 1.25 bits per heavy atom. The fourth-order valence-electron chi connectivity index (χ4n) is 1.86. The van der Waals surface area contributed by atoms with Gasteiger partial charge in [-0.15, -0.1) is 0 Å². The van der Waals surface area contributed by atoms with Gasteiger partial charge in [0.2, 0.25) is 0 Å². The Balaban J connectivity index is 2.24. The van der Waals surface area contributed by atoms with Crippen LogP contribution in [0, 0.1) is 13.8 Å². The largest absolute Gasteiger partial charge is 0.478 e. The number of nitrogen functional groups attached to an aromatic ring is 1. The van der Waals surface area contributed by atoms with E-state index >= 15 is 0 Å². The minimum absolute atomic E-state index is 0.0656. The molecule has 0 unspecified atom stereocenters. The van der Waals surface area contributed by atoms with E-state index in [4.69, 9.17) is 15.3 Å². The molecular formula is C14H14N2O4. The van der Waals surface area contributed by atoms with Crippen molar-refractivity contribution < 1.29 is 19.1 Å². The van der Waals surface area contributed by atoms with Crippen LogP contribution in [0.2, 0.25) is 0 Å². The Labute approximate surface area is 115 Å². The molecule has 0 saturated heterocycles. The van der Waals surface area contributed by atoms with Crippen molar-refractivity contribution in [2.45, 2.75) is 13.8 Å². The van der Waals surface area contributed by atoms with Gasteiger partial charge < -0.3 is 20.6 Å². The zero-order valence-corrected chi connectivity index (χ0v) is 11.1. The van der Waals surface area contributed by atoms with Crippen LogP contribution in [0.15, 0.2) is 28.7 Å². The second-order valence-electron chi connectivity index (χ2n) is 4.39. The van der Waals surface area contributed by atoms with Crippen molar-refractivity contribution in [1.82, 2.24) is 0 Å². The molecule has 104 valence electrons. The quantitative estimate of drug-likeness (QED) is 0.745. The second-order valence-corrected chi connectivity index (χ2v) is 4.39. The summed E-state index contributed by atoms with van der Waals surface area (Å²) < 4.78 is 5.28. The van der Waals surface area contributed by atoms with Gasteiger partial charge in [-0.05, 0) is 38.1 Å². The molecule has 2 rings (SSSR count). The van der Waals surface area contributed by atoms with Crippen LogP contribution < -0.4 is 11.1 Å². The number of carboxylic acids is 1. The molecule has 1 heterocycles. The SMILES string of the molecule is Cc1cc(C(=O)Nc2ccc(C(=O)O)cc2N)c(C)o1. The molecule has 0 atom stereocenters. The number of hydrogen-bond donors (Lipinski definition) is 3. The van der Waals surface area contributed by atoms with Crippen LogP contribution in [-0.4, -0.2) is 17.0 Å². The molecule has 0 fully saturated rings. The molecule has 6 nitrogen and oxygen atoms in total. The zero-order valence-electron chi connectivity index (χ0n) is 11.1. The normalized spacial score (nSPS) is 10.3. The minimum Gasteiger partial charge on any atom is -0.478 e. The van der Waals surface area contributed by atoms with Gasteiger partial charge in [0.15, 0.2) is 0 Å². The van der Waals surface area contributed by atoms with Crippen molar-refractivity contribution in [2.24, 2.45) is 0 Å². The molecule has 0 bridgehead atoms. The van der Waals surface area contributed by atoms with Crippen LogP contribution >= 0.6 is 0 Å². The van der Waals surface area contributed by atoms with Gasteiger partial charge in [-0.25, -0.2) is 4.79 Å². The van der Waals surface area contributed by atoms with E-state index in [2.05, 4.69) is 5.32 Å². The van der Waals surface area contributed by atoms with E-state index in [0.717, 1.165) is 0 Å². The first kappa shape index (κ1) is 13.7. The van der Waals surface area contributed by atoms with E-state index in [0.29, 0.717) is 22.8 Å². The number of carboxylic acid groups (broad SMARTS) is 1. The third-order valence-corrected chi connectivity index (χ3v) is 2.83. The van der Waals surface area contributed by atoms with Crippen LogP contribution in [0.25, 0.3) is 0 Å². The molecule has 2 aromatic rings. The highest BCUT2D eigenvalue weighted by atomic mass is 16.4. The lowest BCUT2D eigenvalue weighted by Crippen LogP contribution is -2.13. The predicted octanol–water partition coefficient (Wildman–Crippen LogP) is 2.43. The van der Waals surface area contributed by atoms with E-state index in [9.17, 15) is 9.59 Å². The molecule has 1 aromatic heterocycles. The molecule has 0 aliphatic heterocycles. The molecule has 1 amide bonds. The molecule has 0 aliphatic carbocycles. The molecule has 1 aromatic carbocycles. The second kappa shape index (κ2) is 5.08. The first-order valence-corrected chi connectivity index (χ1v) is 5.89. The summed E-state index contributed by atoms with van der Waals surface area (Å²) in [5.41, 5.74) is 6.76. The lowest BCUT2D eigenvalue weighted by atomic mass is 10.1. The maximum Gasteiger partial charge on any atom is 0.335 e. The average Bonchev–Trinajstić information content (AvgIpc) is 2.70. The number of carbonyl (C=O) groups is 2. The lowest BCUT2D eigenvalue weighted by Gasteiger charge is -2.08. The van der Waals surface area contributed by atoms with Crippen LogP contribution in [0.3, 0.4) is 0 Å². The maximum absolute atomic E-state index is 12.1. The molecule has 4 N–H and O–H groups in total. The van der Waals surface area contributed by atoms with Gasteiger partial charge in [-0.3, -0.25) is 4.79 Å². The number of furan rings is 1. The fourth-order valence-corrected chi connectivity index (χ4v) is 1.86. The smallest absolute Gasteiger partial charge is 0.335 e. The van der Waals surface area contributed by atoms with Crippen LogP contribution in [0.5, 0.6) is 0 Å². The number of hydrogen-bond acceptors (Lipinski definition) is 4. The number of nitrogens with one attached hydrogen (secondary N) is 1. The molecular weight excluding hydrogens is 260 g/mol.